The van der Waals surface area contributed by atoms with Crippen molar-refractivity contribution in [2.75, 3.05) is 39.3 Å². The maximum atomic E-state index is 12.0. The van der Waals surface area contributed by atoms with Gasteiger partial charge in [0, 0.05) is 32.7 Å². The number of piperazine rings is 1. The second-order valence-electron chi connectivity index (χ2n) is 4.53. The predicted molar refractivity (Wildman–Crippen MR) is 83.5 cm³/mol. The van der Waals surface area contributed by atoms with Gasteiger partial charge in [-0.1, -0.05) is 23.2 Å². The van der Waals surface area contributed by atoms with Crippen molar-refractivity contribution in [1.82, 2.24) is 14.9 Å². The maximum Gasteiger partial charge on any atom is 0.242 e. The summed E-state index contributed by atoms with van der Waals surface area (Å²) in [6.07, 6.45) is 0.773. The number of hydrogen-bond donors (Lipinski definition) is 2. The molecule has 0 saturated carbocycles. The normalized spacial score (nSPS) is 17.5. The van der Waals surface area contributed by atoms with Gasteiger partial charge in [0.15, 0.2) is 0 Å². The second-order valence-corrected chi connectivity index (χ2v) is 8.55. The Hall–Kier alpha value is 0.110. The molecule has 0 atom stereocenters. The molecule has 1 fully saturated rings. The summed E-state index contributed by atoms with van der Waals surface area (Å²) in [5.74, 6) is 0. The average molecular weight is 358 g/mol. The summed E-state index contributed by atoms with van der Waals surface area (Å²) in [4.78, 5) is 2.38. The minimum Gasteiger partial charge on any atom is -0.314 e. The van der Waals surface area contributed by atoms with Crippen LogP contribution in [-0.2, 0) is 10.0 Å². The Bertz CT molecular complexity index is 542. The first kappa shape index (κ1) is 16.5. The van der Waals surface area contributed by atoms with E-state index in [-0.39, 0.29) is 9.23 Å². The van der Waals surface area contributed by atoms with Crippen molar-refractivity contribution in [3.63, 3.8) is 0 Å². The quantitative estimate of drug-likeness (QED) is 0.759. The zero-order valence-electron chi connectivity index (χ0n) is 10.9. The van der Waals surface area contributed by atoms with Gasteiger partial charge in [-0.05, 0) is 19.0 Å². The third kappa shape index (κ3) is 4.56. The van der Waals surface area contributed by atoms with E-state index in [1.54, 1.807) is 0 Å². The zero-order valence-corrected chi connectivity index (χ0v) is 14.0. The molecule has 2 N–H and O–H groups in total. The highest BCUT2D eigenvalue weighted by Crippen LogP contribution is 2.33. The van der Waals surface area contributed by atoms with Crippen LogP contribution in [0.5, 0.6) is 0 Å². The Morgan fingerprint density at radius 1 is 1.35 bits per heavy atom. The van der Waals surface area contributed by atoms with Gasteiger partial charge < -0.3 is 10.2 Å². The van der Waals surface area contributed by atoms with E-state index >= 15 is 0 Å². The molecule has 0 bridgehead atoms. The summed E-state index contributed by atoms with van der Waals surface area (Å²) in [6.45, 7) is 5.30. The van der Waals surface area contributed by atoms with E-state index in [2.05, 4.69) is 14.9 Å². The van der Waals surface area contributed by atoms with E-state index in [0.29, 0.717) is 10.9 Å². The van der Waals surface area contributed by atoms with Crippen LogP contribution in [-0.4, -0.2) is 52.6 Å². The number of thiophene rings is 1. The molecule has 1 aromatic heterocycles. The highest BCUT2D eigenvalue weighted by atomic mass is 35.5. The van der Waals surface area contributed by atoms with Gasteiger partial charge in [-0.2, -0.15) is 0 Å². The lowest BCUT2D eigenvalue weighted by atomic mass is 10.3. The number of hydrogen-bond acceptors (Lipinski definition) is 5. The number of rotatable bonds is 6. The number of sulfonamides is 1. The largest absolute Gasteiger partial charge is 0.314 e. The molecule has 0 unspecified atom stereocenters. The van der Waals surface area contributed by atoms with Gasteiger partial charge in [0.1, 0.15) is 9.23 Å². The molecule has 0 spiro atoms. The van der Waals surface area contributed by atoms with Crippen LogP contribution in [0.25, 0.3) is 0 Å². The van der Waals surface area contributed by atoms with E-state index < -0.39 is 10.0 Å². The summed E-state index contributed by atoms with van der Waals surface area (Å²) < 4.78 is 27.2. The van der Waals surface area contributed by atoms with Gasteiger partial charge in [-0.25, -0.2) is 13.1 Å². The first-order chi connectivity index (χ1) is 9.49. The van der Waals surface area contributed by atoms with Crippen molar-refractivity contribution in [3.05, 3.63) is 14.7 Å². The number of nitrogens with zero attached hydrogens (tertiary/aromatic N) is 1. The summed E-state index contributed by atoms with van der Waals surface area (Å²) >= 11 is 12.7. The zero-order chi connectivity index (χ0) is 14.6. The lowest BCUT2D eigenvalue weighted by Crippen LogP contribution is -2.44. The smallest absolute Gasteiger partial charge is 0.242 e. The Labute approximate surface area is 133 Å². The van der Waals surface area contributed by atoms with Crippen LogP contribution in [0.4, 0.5) is 0 Å². The fourth-order valence-corrected chi connectivity index (χ4v) is 5.25. The van der Waals surface area contributed by atoms with Crippen LogP contribution in [0, 0.1) is 0 Å². The molecule has 0 aliphatic carbocycles. The Kier molecular flexibility index (Phi) is 6.09. The van der Waals surface area contributed by atoms with Crippen molar-refractivity contribution in [2.45, 2.75) is 11.3 Å². The third-order valence-electron chi connectivity index (χ3n) is 3.07. The van der Waals surface area contributed by atoms with Crippen LogP contribution >= 0.6 is 34.5 Å². The van der Waals surface area contributed by atoms with Crippen LogP contribution in [0.15, 0.2) is 11.0 Å². The van der Waals surface area contributed by atoms with E-state index in [9.17, 15) is 8.42 Å². The molecular formula is C11H17Cl2N3O2S2. The minimum absolute atomic E-state index is 0.0661. The molecule has 5 nitrogen and oxygen atoms in total. The molecule has 2 rings (SSSR count). The van der Waals surface area contributed by atoms with Gasteiger partial charge in [0.05, 0.1) is 4.34 Å². The van der Waals surface area contributed by atoms with Gasteiger partial charge in [0.2, 0.25) is 10.0 Å². The van der Waals surface area contributed by atoms with Gasteiger partial charge >= 0.3 is 0 Å². The van der Waals surface area contributed by atoms with Gasteiger partial charge in [-0.15, -0.1) is 11.3 Å². The van der Waals surface area contributed by atoms with Gasteiger partial charge in [0.25, 0.3) is 0 Å². The van der Waals surface area contributed by atoms with Crippen molar-refractivity contribution in [2.24, 2.45) is 0 Å². The summed E-state index contributed by atoms with van der Waals surface area (Å²) in [5, 5.41) is 3.28. The second kappa shape index (κ2) is 7.40. The fourth-order valence-electron chi connectivity index (χ4n) is 2.03. The first-order valence-corrected chi connectivity index (χ1v) is 9.42. The lowest BCUT2D eigenvalue weighted by Gasteiger charge is -2.27. The number of halogens is 2. The molecular weight excluding hydrogens is 341 g/mol. The molecule has 0 amide bonds. The van der Waals surface area contributed by atoms with Crippen LogP contribution in [0.3, 0.4) is 0 Å². The average Bonchev–Trinajstić information content (AvgIpc) is 2.76. The molecule has 20 heavy (non-hydrogen) atoms. The highest BCUT2D eigenvalue weighted by molar-refractivity contribution is 7.89. The molecule has 2 heterocycles. The predicted octanol–water partition coefficient (Wildman–Crippen LogP) is 1.63. The van der Waals surface area contributed by atoms with Crippen molar-refractivity contribution in [1.29, 1.82) is 0 Å². The molecule has 1 saturated heterocycles. The molecule has 0 radical (unpaired) electrons. The summed E-state index contributed by atoms with van der Waals surface area (Å²) in [7, 11) is -3.56. The van der Waals surface area contributed by atoms with Gasteiger partial charge in [-0.3, -0.25) is 0 Å². The molecule has 0 aromatic carbocycles. The van der Waals surface area contributed by atoms with Crippen molar-refractivity contribution in [3.8, 4) is 0 Å². The molecule has 9 heteroatoms. The van der Waals surface area contributed by atoms with Crippen LogP contribution in [0.2, 0.25) is 8.67 Å². The van der Waals surface area contributed by atoms with Crippen LogP contribution < -0.4 is 10.0 Å². The molecule has 1 aliphatic rings. The van der Waals surface area contributed by atoms with E-state index in [1.165, 1.54) is 6.07 Å². The first-order valence-electron chi connectivity index (χ1n) is 6.36. The Morgan fingerprint density at radius 2 is 2.05 bits per heavy atom. The molecule has 1 aliphatic heterocycles. The lowest BCUT2D eigenvalue weighted by molar-refractivity contribution is 0.239. The summed E-state index contributed by atoms with van der Waals surface area (Å²) in [6, 6.07) is 1.38. The number of nitrogens with one attached hydrogen (secondary N) is 2. The van der Waals surface area contributed by atoms with E-state index in [0.717, 1.165) is 50.5 Å². The third-order valence-corrected chi connectivity index (χ3v) is 6.28. The Morgan fingerprint density at radius 3 is 2.65 bits per heavy atom. The van der Waals surface area contributed by atoms with E-state index in [1.807, 2.05) is 0 Å². The fraction of sp³-hybridized carbons (Fsp3) is 0.636. The minimum atomic E-state index is -3.56. The van der Waals surface area contributed by atoms with E-state index in [4.69, 9.17) is 23.2 Å². The highest BCUT2D eigenvalue weighted by Gasteiger charge is 2.20. The van der Waals surface area contributed by atoms with Crippen molar-refractivity contribution >= 4 is 44.6 Å². The monoisotopic (exact) mass is 357 g/mol. The van der Waals surface area contributed by atoms with Crippen LogP contribution in [0.1, 0.15) is 6.42 Å². The Balaban J connectivity index is 1.79. The topological polar surface area (TPSA) is 61.4 Å². The maximum absolute atomic E-state index is 12.0. The SMILES string of the molecule is O=S(=O)(NCCCN1CCNCC1)c1cc(Cl)sc1Cl. The molecule has 114 valence electrons. The molecule has 1 aromatic rings. The standard InChI is InChI=1S/C11H17Cl2N3O2S2/c12-10-8-9(11(13)19-10)20(17,18)15-2-1-5-16-6-3-14-4-7-16/h8,14-15H,1-7H2. The van der Waals surface area contributed by atoms with Crippen molar-refractivity contribution < 1.29 is 8.42 Å². The summed E-state index contributed by atoms with van der Waals surface area (Å²) in [5.41, 5.74) is 0.